The fourth-order valence-corrected chi connectivity index (χ4v) is 4.55. The summed E-state index contributed by atoms with van der Waals surface area (Å²) in [6.45, 7) is 0.574. The number of ether oxygens (including phenoxy) is 3. The summed E-state index contributed by atoms with van der Waals surface area (Å²) in [7, 11) is 0. The highest BCUT2D eigenvalue weighted by Gasteiger charge is 2.46. The highest BCUT2D eigenvalue weighted by Crippen LogP contribution is 2.45. The fourth-order valence-electron chi connectivity index (χ4n) is 4.55. The van der Waals surface area contributed by atoms with Crippen molar-refractivity contribution < 1.29 is 28.6 Å². The number of rotatable bonds is 4. The van der Waals surface area contributed by atoms with E-state index < -0.39 is 29.9 Å². The number of imide groups is 1. The van der Waals surface area contributed by atoms with Crippen molar-refractivity contribution in [1.82, 2.24) is 4.90 Å². The van der Waals surface area contributed by atoms with Gasteiger partial charge in [-0.15, -0.1) is 0 Å². The molecule has 7 heteroatoms. The molecule has 3 aliphatic rings. The van der Waals surface area contributed by atoms with Crippen LogP contribution < -0.4 is 9.47 Å². The second kappa shape index (κ2) is 7.16. The number of amides is 2. The zero-order valence-corrected chi connectivity index (χ0v) is 16.4. The molecule has 2 heterocycles. The first-order valence-corrected chi connectivity index (χ1v) is 10.1. The lowest BCUT2D eigenvalue weighted by atomic mass is 9.78. The Bertz CT molecular complexity index is 1000. The molecule has 0 saturated heterocycles. The molecule has 0 unspecified atom stereocenters. The molecule has 2 aliphatic heterocycles. The van der Waals surface area contributed by atoms with Crippen LogP contribution in [-0.2, 0) is 14.9 Å². The number of esters is 1. The van der Waals surface area contributed by atoms with Crippen molar-refractivity contribution in [2.45, 2.75) is 31.1 Å². The van der Waals surface area contributed by atoms with Gasteiger partial charge < -0.3 is 14.2 Å². The molecule has 1 fully saturated rings. The molecule has 154 valence electrons. The number of nitrogens with zero attached hydrogens (tertiary/aromatic N) is 1. The zero-order chi connectivity index (χ0) is 20.7. The standard InChI is InChI=1S/C23H21NO6/c25-20-16-5-1-2-6-17(16)21(26)24(20)14-30-22(27)23(9-3-4-10-23)15-7-8-18-19(13-15)29-12-11-28-18/h1-2,5-8,13H,3-4,9-12,14H2. The van der Waals surface area contributed by atoms with Gasteiger partial charge in [0.15, 0.2) is 18.2 Å². The SMILES string of the molecule is O=C1c2ccccc2C(=O)N1COC(=O)C1(c2ccc3c(c2)OCCO3)CCCC1. The third-order valence-electron chi connectivity index (χ3n) is 6.15. The Morgan fingerprint density at radius 1 is 0.933 bits per heavy atom. The lowest BCUT2D eigenvalue weighted by Gasteiger charge is -2.29. The molecule has 2 aromatic carbocycles. The predicted octanol–water partition coefficient (Wildman–Crippen LogP) is 3.07. The van der Waals surface area contributed by atoms with Crippen LogP contribution in [0.2, 0.25) is 0 Å². The number of hydrogen-bond acceptors (Lipinski definition) is 6. The number of carbonyl (C=O) groups is 3. The van der Waals surface area contributed by atoms with Crippen LogP contribution in [-0.4, -0.2) is 42.6 Å². The van der Waals surface area contributed by atoms with Gasteiger partial charge in [0.1, 0.15) is 13.2 Å². The Kier molecular flexibility index (Phi) is 4.46. The second-order valence-corrected chi connectivity index (χ2v) is 7.79. The van der Waals surface area contributed by atoms with Crippen molar-refractivity contribution in [2.24, 2.45) is 0 Å². The number of benzene rings is 2. The molecule has 0 spiro atoms. The third-order valence-corrected chi connectivity index (χ3v) is 6.15. The van der Waals surface area contributed by atoms with E-state index >= 15 is 0 Å². The minimum atomic E-state index is -0.811. The van der Waals surface area contributed by atoms with Crippen LogP contribution in [0.25, 0.3) is 0 Å². The topological polar surface area (TPSA) is 82.1 Å². The molecule has 1 aliphatic carbocycles. The van der Waals surface area contributed by atoms with Crippen LogP contribution in [0.15, 0.2) is 42.5 Å². The van der Waals surface area contributed by atoms with Crippen LogP contribution in [0.1, 0.15) is 52.0 Å². The Morgan fingerprint density at radius 2 is 1.57 bits per heavy atom. The van der Waals surface area contributed by atoms with Crippen molar-refractivity contribution in [3.63, 3.8) is 0 Å². The van der Waals surface area contributed by atoms with E-state index in [1.165, 1.54) is 0 Å². The minimum Gasteiger partial charge on any atom is -0.486 e. The van der Waals surface area contributed by atoms with Crippen LogP contribution in [0, 0.1) is 0 Å². The van der Waals surface area contributed by atoms with E-state index in [0.717, 1.165) is 23.3 Å². The van der Waals surface area contributed by atoms with Gasteiger partial charge in [-0.2, -0.15) is 0 Å². The highest BCUT2D eigenvalue weighted by atomic mass is 16.6. The van der Waals surface area contributed by atoms with Crippen LogP contribution in [0.3, 0.4) is 0 Å². The predicted molar refractivity (Wildman–Crippen MR) is 105 cm³/mol. The van der Waals surface area contributed by atoms with Gasteiger partial charge in [0, 0.05) is 0 Å². The summed E-state index contributed by atoms with van der Waals surface area (Å²) in [5.74, 6) is -0.0182. The average molecular weight is 407 g/mol. The summed E-state index contributed by atoms with van der Waals surface area (Å²) in [6, 6.07) is 12.2. The van der Waals surface area contributed by atoms with E-state index in [1.54, 1.807) is 24.3 Å². The van der Waals surface area contributed by atoms with Crippen molar-refractivity contribution in [2.75, 3.05) is 19.9 Å². The van der Waals surface area contributed by atoms with Crippen LogP contribution >= 0.6 is 0 Å². The highest BCUT2D eigenvalue weighted by molar-refractivity contribution is 6.21. The maximum atomic E-state index is 13.2. The van der Waals surface area contributed by atoms with E-state index in [2.05, 4.69) is 0 Å². The Balaban J connectivity index is 1.37. The van der Waals surface area contributed by atoms with Crippen LogP contribution in [0.4, 0.5) is 0 Å². The van der Waals surface area contributed by atoms with Gasteiger partial charge in [-0.1, -0.05) is 31.0 Å². The summed E-state index contributed by atoms with van der Waals surface area (Å²) < 4.78 is 16.8. The monoisotopic (exact) mass is 407 g/mol. The molecule has 0 atom stereocenters. The lowest BCUT2D eigenvalue weighted by molar-refractivity contribution is -0.153. The minimum absolute atomic E-state index is 0.334. The molecule has 5 rings (SSSR count). The Hall–Kier alpha value is -3.35. The van der Waals surface area contributed by atoms with Gasteiger partial charge in [-0.25, -0.2) is 4.90 Å². The van der Waals surface area contributed by atoms with Gasteiger partial charge in [-0.3, -0.25) is 14.4 Å². The van der Waals surface area contributed by atoms with Crippen molar-refractivity contribution in [1.29, 1.82) is 0 Å². The molecule has 30 heavy (non-hydrogen) atoms. The molecular weight excluding hydrogens is 386 g/mol. The molecule has 1 saturated carbocycles. The Morgan fingerprint density at radius 3 is 2.23 bits per heavy atom. The molecule has 0 N–H and O–H groups in total. The molecule has 2 amide bonds. The molecule has 7 nitrogen and oxygen atoms in total. The fraction of sp³-hybridized carbons (Fsp3) is 0.348. The van der Waals surface area contributed by atoms with Gasteiger partial charge in [0.25, 0.3) is 11.8 Å². The van der Waals surface area contributed by atoms with Crippen molar-refractivity contribution >= 4 is 17.8 Å². The largest absolute Gasteiger partial charge is 0.486 e. The van der Waals surface area contributed by atoms with Gasteiger partial charge in [0.05, 0.1) is 16.5 Å². The number of fused-ring (bicyclic) bond motifs is 2. The first-order chi connectivity index (χ1) is 14.6. The Labute approximate surface area is 173 Å². The summed E-state index contributed by atoms with van der Waals surface area (Å²) in [4.78, 5) is 39.3. The summed E-state index contributed by atoms with van der Waals surface area (Å²) in [5.41, 5.74) is 0.674. The van der Waals surface area contributed by atoms with E-state index in [1.807, 2.05) is 18.2 Å². The summed E-state index contributed by atoms with van der Waals surface area (Å²) >= 11 is 0. The zero-order valence-electron chi connectivity index (χ0n) is 16.4. The van der Waals surface area contributed by atoms with Gasteiger partial charge in [-0.05, 0) is 42.7 Å². The molecule has 0 aromatic heterocycles. The first kappa shape index (κ1) is 18.7. The summed E-state index contributed by atoms with van der Waals surface area (Å²) in [6.07, 6.45) is 3.09. The van der Waals surface area contributed by atoms with E-state index in [0.29, 0.717) is 48.7 Å². The molecular formula is C23H21NO6. The second-order valence-electron chi connectivity index (χ2n) is 7.79. The molecule has 2 aromatic rings. The van der Waals surface area contributed by atoms with Crippen molar-refractivity contribution in [3.05, 3.63) is 59.2 Å². The maximum Gasteiger partial charge on any atom is 0.318 e. The quantitative estimate of drug-likeness (QED) is 0.572. The van der Waals surface area contributed by atoms with Gasteiger partial charge in [0.2, 0.25) is 0 Å². The first-order valence-electron chi connectivity index (χ1n) is 10.1. The van der Waals surface area contributed by atoms with Crippen molar-refractivity contribution in [3.8, 4) is 11.5 Å². The van der Waals surface area contributed by atoms with E-state index in [-0.39, 0.29) is 0 Å². The number of carbonyl (C=O) groups excluding carboxylic acids is 3. The average Bonchev–Trinajstić information content (AvgIpc) is 3.37. The molecule has 0 bridgehead atoms. The third kappa shape index (κ3) is 2.84. The maximum absolute atomic E-state index is 13.2. The molecule has 0 radical (unpaired) electrons. The lowest BCUT2D eigenvalue weighted by Crippen LogP contribution is -2.39. The number of hydrogen-bond donors (Lipinski definition) is 0. The van der Waals surface area contributed by atoms with Gasteiger partial charge >= 0.3 is 5.97 Å². The van der Waals surface area contributed by atoms with E-state index in [4.69, 9.17) is 14.2 Å². The smallest absolute Gasteiger partial charge is 0.318 e. The summed E-state index contributed by atoms with van der Waals surface area (Å²) in [5, 5.41) is 0. The van der Waals surface area contributed by atoms with E-state index in [9.17, 15) is 14.4 Å². The van der Waals surface area contributed by atoms with Crippen LogP contribution in [0.5, 0.6) is 11.5 Å². The normalized spacial score (nSPS) is 19.0.